The average Bonchev–Trinajstić information content (AvgIpc) is 0.811. The van der Waals surface area contributed by atoms with Crippen LogP contribution < -0.4 is 5.73 Å². The summed E-state index contributed by atoms with van der Waals surface area (Å²) in [4.78, 5) is 0. The Morgan fingerprint density at radius 1 is 2.00 bits per heavy atom. The molecule has 23 valence electrons. The van der Waals surface area contributed by atoms with Crippen molar-refractivity contribution in [3.8, 4) is 0 Å². The van der Waals surface area contributed by atoms with Gasteiger partial charge in [0.1, 0.15) is 0 Å². The van der Waals surface area contributed by atoms with Crippen molar-refractivity contribution in [3.05, 3.63) is 0 Å². The molecular formula is C2H6NPb. The molecule has 3 radical (unpaired) electrons. The molecule has 0 aromatic heterocycles. The van der Waals surface area contributed by atoms with E-state index >= 15 is 0 Å². The third-order valence-electron chi connectivity index (χ3n) is 0. The van der Waals surface area contributed by atoms with Crippen LogP contribution in [0.25, 0.3) is 0 Å². The summed E-state index contributed by atoms with van der Waals surface area (Å²) in [7, 11) is 0. The van der Waals surface area contributed by atoms with Crippen LogP contribution in [0.15, 0.2) is 0 Å². The fraction of sp³-hybridized carbons (Fsp3) is 1.00. The second-order valence-corrected chi connectivity index (χ2v) is 4.33. The number of hydrogen-bond donors (Lipinski definition) is 1. The van der Waals surface area contributed by atoms with Crippen LogP contribution in [-0.2, 0) is 0 Å². The normalized spacial score (nSPS) is 15.8. The van der Waals surface area contributed by atoms with E-state index in [1.54, 1.807) is 0 Å². The first-order valence-corrected chi connectivity index (χ1v) is 3.44. The summed E-state index contributed by atoms with van der Waals surface area (Å²) in [5.74, 6) is 0. The van der Waals surface area contributed by atoms with Gasteiger partial charge in [-0.2, -0.15) is 0 Å². The molecule has 0 amide bonds. The van der Waals surface area contributed by atoms with Crippen LogP contribution in [0.3, 0.4) is 0 Å². The summed E-state index contributed by atoms with van der Waals surface area (Å²) in [6.07, 6.45) is 0. The summed E-state index contributed by atoms with van der Waals surface area (Å²) in [6, 6.07) is 0. The summed E-state index contributed by atoms with van der Waals surface area (Å²) in [6.45, 7) is 2.01. The molecule has 0 spiro atoms. The zero-order chi connectivity index (χ0) is 3.58. The minimum absolute atomic E-state index is 0.472. The van der Waals surface area contributed by atoms with Crippen LogP contribution in [0.1, 0.15) is 6.92 Å². The molecule has 0 saturated heterocycles. The Balaban J connectivity index is 2.32. The van der Waals surface area contributed by atoms with E-state index in [0.29, 0.717) is 3.60 Å². The Bertz CT molecular complexity index is 10.8. The minimum atomic E-state index is 0.472. The Kier molecular flexibility index (Phi) is 2.61. The molecule has 0 rings (SSSR count). The Morgan fingerprint density at radius 2 is 2.00 bits per heavy atom. The fourth-order valence-corrected chi connectivity index (χ4v) is 0. The number of nitrogens with two attached hydrogens (primary N) is 1. The van der Waals surface area contributed by atoms with Gasteiger partial charge >= 0.3 is 42.0 Å². The van der Waals surface area contributed by atoms with Crippen LogP contribution in [0.4, 0.5) is 0 Å². The predicted octanol–water partition coefficient (Wildman–Crippen LogP) is -0.540. The maximum atomic E-state index is 5.17. The molecule has 0 aliphatic heterocycles. The molecule has 1 atom stereocenters. The van der Waals surface area contributed by atoms with E-state index < -0.39 is 0 Å². The summed E-state index contributed by atoms with van der Waals surface area (Å²) in [5.41, 5.74) is 5.17. The number of hydrogen-bond acceptors (Lipinski definition) is 1. The molecule has 2 N–H and O–H groups in total. The molecule has 1 nitrogen and oxygen atoms in total. The van der Waals surface area contributed by atoms with Crippen molar-refractivity contribution in [1.82, 2.24) is 0 Å². The van der Waals surface area contributed by atoms with Crippen LogP contribution in [0.5, 0.6) is 0 Å². The molecular weight excluding hydrogens is 245 g/mol. The van der Waals surface area contributed by atoms with Crippen molar-refractivity contribution in [1.29, 1.82) is 0 Å². The van der Waals surface area contributed by atoms with Crippen LogP contribution in [-0.4, -0.2) is 29.4 Å². The molecule has 0 aromatic carbocycles. The first-order valence-electron chi connectivity index (χ1n) is 1.20. The van der Waals surface area contributed by atoms with Crippen LogP contribution in [0.2, 0.25) is 0 Å². The molecule has 0 aliphatic carbocycles. The van der Waals surface area contributed by atoms with Crippen molar-refractivity contribution < 1.29 is 0 Å². The third-order valence-corrected chi connectivity index (χ3v) is 0. The van der Waals surface area contributed by atoms with Gasteiger partial charge in [-0.15, -0.1) is 0 Å². The average molecular weight is 251 g/mol. The van der Waals surface area contributed by atoms with Crippen LogP contribution >= 0.6 is 0 Å². The van der Waals surface area contributed by atoms with E-state index in [1.807, 2.05) is 6.92 Å². The monoisotopic (exact) mass is 252 g/mol. The molecule has 0 heterocycles. The Hall–Kier alpha value is 0.882. The van der Waals surface area contributed by atoms with Gasteiger partial charge in [0, 0.05) is 0 Å². The van der Waals surface area contributed by atoms with Gasteiger partial charge in [0.15, 0.2) is 0 Å². The number of rotatable bonds is 0. The first kappa shape index (κ1) is 4.88. The summed E-state index contributed by atoms with van der Waals surface area (Å²) < 4.78 is 0.472. The van der Waals surface area contributed by atoms with Crippen LogP contribution in [0, 0.1) is 0 Å². The van der Waals surface area contributed by atoms with Crippen molar-refractivity contribution in [3.63, 3.8) is 0 Å². The predicted molar refractivity (Wildman–Crippen MR) is 19.4 cm³/mol. The Labute approximate surface area is 42.3 Å². The molecule has 0 saturated carbocycles. The summed E-state index contributed by atoms with van der Waals surface area (Å²) >= 11 is 1.13. The quantitative estimate of drug-likeness (QED) is 0.575. The first-order chi connectivity index (χ1) is 1.73. The SMILES string of the molecule is C[CH](N)[Pb]. The van der Waals surface area contributed by atoms with Gasteiger partial charge in [-0.05, 0) is 0 Å². The molecule has 2 heteroatoms. The second-order valence-electron chi connectivity index (χ2n) is 0.789. The van der Waals surface area contributed by atoms with Crippen molar-refractivity contribution in [2.75, 3.05) is 0 Å². The van der Waals surface area contributed by atoms with Gasteiger partial charge in [-0.1, -0.05) is 0 Å². The molecule has 0 bridgehead atoms. The standard InChI is InChI=1S/C2H6N.Pb/c1-2-3;/h2H,3H2,1H3;. The van der Waals surface area contributed by atoms with Gasteiger partial charge in [-0.3, -0.25) is 0 Å². The van der Waals surface area contributed by atoms with E-state index in [2.05, 4.69) is 0 Å². The van der Waals surface area contributed by atoms with E-state index in [9.17, 15) is 0 Å². The van der Waals surface area contributed by atoms with E-state index in [-0.39, 0.29) is 0 Å². The van der Waals surface area contributed by atoms with E-state index in [1.165, 1.54) is 0 Å². The van der Waals surface area contributed by atoms with Crippen molar-refractivity contribution in [2.45, 2.75) is 10.5 Å². The molecule has 1 unspecified atom stereocenters. The zero-order valence-electron chi connectivity index (χ0n) is 2.65. The Morgan fingerprint density at radius 3 is 2.00 bits per heavy atom. The van der Waals surface area contributed by atoms with Gasteiger partial charge in [0.25, 0.3) is 0 Å². The maximum absolute atomic E-state index is 5.17. The molecule has 4 heavy (non-hydrogen) atoms. The third kappa shape index (κ3) is 13.1. The topological polar surface area (TPSA) is 26.0 Å². The van der Waals surface area contributed by atoms with Gasteiger partial charge in [-0.25, -0.2) is 0 Å². The molecule has 0 aromatic rings. The molecule has 0 fully saturated rings. The van der Waals surface area contributed by atoms with Crippen molar-refractivity contribution in [2.24, 2.45) is 5.73 Å². The summed E-state index contributed by atoms with van der Waals surface area (Å²) in [5, 5.41) is 0. The fourth-order valence-electron chi connectivity index (χ4n) is 0. The van der Waals surface area contributed by atoms with Crippen molar-refractivity contribution >= 4 is 25.8 Å². The molecule has 0 aliphatic rings. The van der Waals surface area contributed by atoms with Gasteiger partial charge < -0.3 is 0 Å². The van der Waals surface area contributed by atoms with E-state index in [4.69, 9.17) is 5.73 Å². The zero-order valence-corrected chi connectivity index (χ0v) is 6.54. The second kappa shape index (κ2) is 2.14. The van der Waals surface area contributed by atoms with Gasteiger partial charge in [0.2, 0.25) is 0 Å². The van der Waals surface area contributed by atoms with Gasteiger partial charge in [0.05, 0.1) is 0 Å². The van der Waals surface area contributed by atoms with E-state index in [0.717, 1.165) is 25.8 Å².